The fourth-order valence-electron chi connectivity index (χ4n) is 2.77. The first-order valence-corrected chi connectivity index (χ1v) is 7.48. The van der Waals surface area contributed by atoms with Gasteiger partial charge in [-0.25, -0.2) is 0 Å². The van der Waals surface area contributed by atoms with Gasteiger partial charge < -0.3 is 15.0 Å². The van der Waals surface area contributed by atoms with E-state index in [2.05, 4.69) is 53.3 Å². The van der Waals surface area contributed by atoms with Gasteiger partial charge in [0.2, 0.25) is 0 Å². The molecule has 0 amide bonds. The zero-order valence-electron chi connectivity index (χ0n) is 12.6. The molecule has 2 bridgehead atoms. The molecule has 2 aliphatic heterocycles. The molecule has 110 valence electrons. The van der Waals surface area contributed by atoms with Gasteiger partial charge in [-0.3, -0.25) is 0 Å². The van der Waals surface area contributed by atoms with Gasteiger partial charge in [-0.05, 0) is 45.7 Å². The molecule has 0 radical (unpaired) electrons. The minimum absolute atomic E-state index is 0.101. The summed E-state index contributed by atoms with van der Waals surface area (Å²) >= 11 is 0. The highest BCUT2D eigenvalue weighted by Crippen LogP contribution is 2.28. The molecule has 2 atom stereocenters. The molecule has 3 heterocycles. The first-order chi connectivity index (χ1) is 9.49. The SMILES string of the molecule is CC(C)(C)NCc1ccc(N2CC3CCC(C2)O3)nn1. The van der Waals surface area contributed by atoms with Crippen LogP contribution < -0.4 is 10.2 Å². The van der Waals surface area contributed by atoms with E-state index in [1.54, 1.807) is 0 Å². The van der Waals surface area contributed by atoms with Gasteiger partial charge in [0.15, 0.2) is 5.82 Å². The molecule has 2 aliphatic rings. The largest absolute Gasteiger partial charge is 0.371 e. The Hall–Kier alpha value is -1.20. The third kappa shape index (κ3) is 3.27. The van der Waals surface area contributed by atoms with Crippen LogP contribution in [-0.2, 0) is 11.3 Å². The number of hydrogen-bond donors (Lipinski definition) is 1. The zero-order valence-corrected chi connectivity index (χ0v) is 12.6. The molecule has 1 aromatic rings. The molecule has 5 nitrogen and oxygen atoms in total. The van der Waals surface area contributed by atoms with E-state index in [-0.39, 0.29) is 5.54 Å². The van der Waals surface area contributed by atoms with Gasteiger partial charge in [0.05, 0.1) is 17.9 Å². The van der Waals surface area contributed by atoms with Crippen molar-refractivity contribution in [3.8, 4) is 0 Å². The number of anilines is 1. The van der Waals surface area contributed by atoms with Crippen LogP contribution in [0.2, 0.25) is 0 Å². The minimum Gasteiger partial charge on any atom is -0.371 e. The monoisotopic (exact) mass is 276 g/mol. The van der Waals surface area contributed by atoms with Crippen molar-refractivity contribution >= 4 is 5.82 Å². The Morgan fingerprint density at radius 1 is 1.20 bits per heavy atom. The number of nitrogens with one attached hydrogen (secondary N) is 1. The van der Waals surface area contributed by atoms with Gasteiger partial charge in [0.25, 0.3) is 0 Å². The Morgan fingerprint density at radius 3 is 2.45 bits per heavy atom. The maximum absolute atomic E-state index is 5.85. The van der Waals surface area contributed by atoms with Crippen LogP contribution in [0.4, 0.5) is 5.82 Å². The molecule has 20 heavy (non-hydrogen) atoms. The molecular weight excluding hydrogens is 252 g/mol. The molecule has 2 saturated heterocycles. The summed E-state index contributed by atoms with van der Waals surface area (Å²) in [5.74, 6) is 0.977. The van der Waals surface area contributed by atoms with Gasteiger partial charge in [-0.1, -0.05) is 0 Å². The van der Waals surface area contributed by atoms with Crippen molar-refractivity contribution in [1.29, 1.82) is 0 Å². The van der Waals surface area contributed by atoms with Crippen LogP contribution in [0, 0.1) is 0 Å². The molecule has 1 N–H and O–H groups in total. The Kier molecular flexibility index (Phi) is 3.65. The Balaban J connectivity index is 1.61. The molecule has 1 aromatic heterocycles. The van der Waals surface area contributed by atoms with E-state index < -0.39 is 0 Å². The van der Waals surface area contributed by atoms with Gasteiger partial charge in [-0.2, -0.15) is 5.10 Å². The topological polar surface area (TPSA) is 50.3 Å². The van der Waals surface area contributed by atoms with Gasteiger partial charge in [-0.15, -0.1) is 5.10 Å². The summed E-state index contributed by atoms with van der Waals surface area (Å²) in [5, 5.41) is 12.1. The summed E-state index contributed by atoms with van der Waals surface area (Å²) in [5.41, 5.74) is 1.09. The van der Waals surface area contributed by atoms with Crippen LogP contribution >= 0.6 is 0 Å². The quantitative estimate of drug-likeness (QED) is 0.911. The van der Waals surface area contributed by atoms with Crippen LogP contribution in [0.1, 0.15) is 39.3 Å². The predicted molar refractivity (Wildman–Crippen MR) is 78.7 cm³/mol. The number of hydrogen-bond acceptors (Lipinski definition) is 5. The fraction of sp³-hybridized carbons (Fsp3) is 0.733. The van der Waals surface area contributed by atoms with Gasteiger partial charge in [0, 0.05) is 25.2 Å². The average Bonchev–Trinajstić information content (AvgIpc) is 2.75. The third-order valence-corrected chi connectivity index (χ3v) is 3.87. The number of fused-ring (bicyclic) bond motifs is 2. The van der Waals surface area contributed by atoms with E-state index in [4.69, 9.17) is 4.74 Å². The van der Waals surface area contributed by atoms with Gasteiger partial charge in [0.1, 0.15) is 0 Å². The molecule has 3 rings (SSSR count). The summed E-state index contributed by atoms with van der Waals surface area (Å²) in [4.78, 5) is 2.31. The summed E-state index contributed by atoms with van der Waals surface area (Å²) < 4.78 is 5.85. The fourth-order valence-corrected chi connectivity index (χ4v) is 2.77. The van der Waals surface area contributed by atoms with Crippen molar-refractivity contribution in [3.63, 3.8) is 0 Å². The summed E-state index contributed by atoms with van der Waals surface area (Å²) in [6.45, 7) is 9.11. The van der Waals surface area contributed by atoms with Gasteiger partial charge >= 0.3 is 0 Å². The highest BCUT2D eigenvalue weighted by Gasteiger charge is 2.34. The first kappa shape index (κ1) is 13.8. The van der Waals surface area contributed by atoms with Crippen LogP contribution in [0.3, 0.4) is 0 Å². The van der Waals surface area contributed by atoms with Crippen molar-refractivity contribution in [3.05, 3.63) is 17.8 Å². The highest BCUT2D eigenvalue weighted by molar-refractivity contribution is 5.38. The lowest BCUT2D eigenvalue weighted by molar-refractivity contribution is 0.0301. The van der Waals surface area contributed by atoms with Crippen molar-refractivity contribution in [2.45, 2.75) is 57.9 Å². The lowest BCUT2D eigenvalue weighted by Crippen LogP contribution is -2.43. The van der Waals surface area contributed by atoms with Crippen molar-refractivity contribution in [1.82, 2.24) is 15.5 Å². The smallest absolute Gasteiger partial charge is 0.151 e. The lowest BCUT2D eigenvalue weighted by atomic mass is 10.1. The number of rotatable bonds is 3. The number of nitrogens with zero attached hydrogens (tertiary/aromatic N) is 3. The third-order valence-electron chi connectivity index (χ3n) is 3.87. The van der Waals surface area contributed by atoms with E-state index in [0.717, 1.165) is 31.1 Å². The number of aromatic nitrogens is 2. The first-order valence-electron chi connectivity index (χ1n) is 7.48. The summed E-state index contributed by atoms with van der Waals surface area (Å²) in [6, 6.07) is 4.15. The highest BCUT2D eigenvalue weighted by atomic mass is 16.5. The lowest BCUT2D eigenvalue weighted by Gasteiger charge is -2.32. The Morgan fingerprint density at radius 2 is 1.90 bits per heavy atom. The summed E-state index contributed by atoms with van der Waals surface area (Å²) in [7, 11) is 0. The van der Waals surface area contributed by atoms with E-state index in [1.165, 1.54) is 12.8 Å². The molecule has 5 heteroatoms. The molecule has 0 spiro atoms. The maximum atomic E-state index is 5.85. The second kappa shape index (κ2) is 5.30. The average molecular weight is 276 g/mol. The van der Waals surface area contributed by atoms with E-state index in [0.29, 0.717) is 12.2 Å². The van der Waals surface area contributed by atoms with Crippen LogP contribution in [0.25, 0.3) is 0 Å². The van der Waals surface area contributed by atoms with Crippen molar-refractivity contribution < 1.29 is 4.74 Å². The Bertz CT molecular complexity index is 442. The molecule has 0 aliphatic carbocycles. The second-order valence-electron chi connectivity index (χ2n) is 6.85. The minimum atomic E-state index is 0.101. The normalized spacial score (nSPS) is 26.1. The molecular formula is C15H24N4O. The van der Waals surface area contributed by atoms with E-state index in [1.807, 2.05) is 0 Å². The molecule has 2 unspecified atom stereocenters. The van der Waals surface area contributed by atoms with Crippen molar-refractivity contribution in [2.75, 3.05) is 18.0 Å². The predicted octanol–water partition coefficient (Wildman–Crippen LogP) is 1.73. The Labute approximate surface area is 120 Å². The zero-order chi connectivity index (χ0) is 14.2. The molecule has 0 aromatic carbocycles. The summed E-state index contributed by atoms with van der Waals surface area (Å²) in [6.07, 6.45) is 3.14. The van der Waals surface area contributed by atoms with E-state index >= 15 is 0 Å². The van der Waals surface area contributed by atoms with Crippen LogP contribution in [0.5, 0.6) is 0 Å². The van der Waals surface area contributed by atoms with Crippen LogP contribution in [0.15, 0.2) is 12.1 Å². The van der Waals surface area contributed by atoms with Crippen LogP contribution in [-0.4, -0.2) is 41.0 Å². The molecule has 0 saturated carbocycles. The maximum Gasteiger partial charge on any atom is 0.151 e. The number of morpholine rings is 1. The second-order valence-corrected chi connectivity index (χ2v) is 6.85. The number of ether oxygens (including phenoxy) is 1. The standard InChI is InChI=1S/C15H24N4O/c1-15(2,3)16-8-11-4-7-14(18-17-11)19-9-12-5-6-13(10-19)20-12/h4,7,12-13,16H,5-6,8-10H2,1-3H3. The molecule has 2 fully saturated rings. The van der Waals surface area contributed by atoms with Crippen molar-refractivity contribution in [2.24, 2.45) is 0 Å². The van der Waals surface area contributed by atoms with E-state index in [9.17, 15) is 0 Å².